The molecule has 1 aromatic heterocycles. The predicted octanol–water partition coefficient (Wildman–Crippen LogP) is 4.22. The third-order valence-corrected chi connectivity index (χ3v) is 5.20. The summed E-state index contributed by atoms with van der Waals surface area (Å²) in [6, 6.07) is 16.4. The van der Waals surface area contributed by atoms with Gasteiger partial charge >= 0.3 is 0 Å². The van der Waals surface area contributed by atoms with Gasteiger partial charge in [-0.1, -0.05) is 24.3 Å². The van der Waals surface area contributed by atoms with E-state index in [-0.39, 0.29) is 6.04 Å². The second-order valence-electron chi connectivity index (χ2n) is 6.83. The SMILES string of the molecule is COc1ccc(CCC2=C(C)Nc3ncnn3C2c2ccc(OC)cc2)cc1. The summed E-state index contributed by atoms with van der Waals surface area (Å²) in [5.41, 5.74) is 4.88. The molecule has 3 aromatic rings. The monoisotopic (exact) mass is 376 g/mol. The molecule has 1 aliphatic rings. The molecule has 0 saturated heterocycles. The lowest BCUT2D eigenvalue weighted by atomic mass is 9.91. The number of benzene rings is 2. The second kappa shape index (κ2) is 7.76. The fraction of sp³-hybridized carbons (Fsp3) is 0.273. The number of aryl methyl sites for hydroxylation is 1. The molecule has 1 aliphatic heterocycles. The van der Waals surface area contributed by atoms with E-state index < -0.39 is 0 Å². The van der Waals surface area contributed by atoms with Crippen molar-refractivity contribution in [2.45, 2.75) is 25.8 Å². The summed E-state index contributed by atoms with van der Waals surface area (Å²) in [5.74, 6) is 2.49. The minimum Gasteiger partial charge on any atom is -0.497 e. The van der Waals surface area contributed by atoms with Crippen LogP contribution in [0.4, 0.5) is 5.95 Å². The van der Waals surface area contributed by atoms with E-state index in [1.807, 2.05) is 28.9 Å². The van der Waals surface area contributed by atoms with Crippen molar-refractivity contribution in [2.24, 2.45) is 0 Å². The van der Waals surface area contributed by atoms with E-state index in [1.54, 1.807) is 20.5 Å². The molecule has 4 rings (SSSR count). The highest BCUT2D eigenvalue weighted by Crippen LogP contribution is 2.37. The average Bonchev–Trinajstić information content (AvgIpc) is 3.20. The summed E-state index contributed by atoms with van der Waals surface area (Å²) >= 11 is 0. The van der Waals surface area contributed by atoms with Crippen LogP contribution in [-0.4, -0.2) is 29.0 Å². The van der Waals surface area contributed by atoms with Crippen LogP contribution in [0.3, 0.4) is 0 Å². The van der Waals surface area contributed by atoms with Crippen LogP contribution in [0.15, 0.2) is 66.1 Å². The van der Waals surface area contributed by atoms with E-state index in [0.29, 0.717) is 0 Å². The minimum atomic E-state index is 0.0166. The van der Waals surface area contributed by atoms with Gasteiger partial charge < -0.3 is 14.8 Å². The van der Waals surface area contributed by atoms with E-state index in [9.17, 15) is 0 Å². The maximum Gasteiger partial charge on any atom is 0.226 e. The fourth-order valence-corrected chi connectivity index (χ4v) is 3.65. The third kappa shape index (κ3) is 3.45. The van der Waals surface area contributed by atoms with Gasteiger partial charge in [-0.25, -0.2) is 4.68 Å². The molecular weight excluding hydrogens is 352 g/mol. The number of allylic oxidation sites excluding steroid dienone is 2. The Labute approximate surface area is 164 Å². The molecule has 0 bridgehead atoms. The standard InChI is InChI=1S/C22H24N4O2/c1-15-20(13-6-16-4-9-18(27-2)10-5-16)21(26-22(25-15)23-14-24-26)17-7-11-19(28-3)12-8-17/h4-5,7-12,14,21H,6,13H2,1-3H3,(H,23,24,25). The smallest absolute Gasteiger partial charge is 0.226 e. The Balaban J connectivity index is 1.63. The van der Waals surface area contributed by atoms with Gasteiger partial charge in [0.2, 0.25) is 5.95 Å². The normalized spacial score (nSPS) is 15.8. The molecule has 0 radical (unpaired) electrons. The van der Waals surface area contributed by atoms with Crippen molar-refractivity contribution in [1.29, 1.82) is 0 Å². The Kier molecular flexibility index (Phi) is 5.02. The van der Waals surface area contributed by atoms with Gasteiger partial charge in [-0.3, -0.25) is 0 Å². The molecule has 1 unspecified atom stereocenters. The van der Waals surface area contributed by atoms with E-state index in [4.69, 9.17) is 9.47 Å². The number of ether oxygens (including phenoxy) is 2. The van der Waals surface area contributed by atoms with Crippen LogP contribution in [-0.2, 0) is 6.42 Å². The van der Waals surface area contributed by atoms with Crippen LogP contribution < -0.4 is 14.8 Å². The maximum absolute atomic E-state index is 5.31. The molecule has 0 amide bonds. The number of hydrogen-bond donors (Lipinski definition) is 1. The van der Waals surface area contributed by atoms with Gasteiger partial charge in [0, 0.05) is 5.70 Å². The largest absolute Gasteiger partial charge is 0.497 e. The van der Waals surface area contributed by atoms with Gasteiger partial charge in [-0.2, -0.15) is 10.1 Å². The summed E-state index contributed by atoms with van der Waals surface area (Å²) in [5, 5.41) is 7.87. The molecule has 0 fully saturated rings. The van der Waals surface area contributed by atoms with E-state index in [2.05, 4.69) is 46.6 Å². The zero-order valence-electron chi connectivity index (χ0n) is 16.3. The number of fused-ring (bicyclic) bond motifs is 1. The van der Waals surface area contributed by atoms with Crippen LogP contribution >= 0.6 is 0 Å². The molecule has 2 aromatic carbocycles. The van der Waals surface area contributed by atoms with Crippen LogP contribution in [0.2, 0.25) is 0 Å². The lowest BCUT2D eigenvalue weighted by molar-refractivity contribution is 0.414. The van der Waals surface area contributed by atoms with Gasteiger partial charge in [0.25, 0.3) is 0 Å². The van der Waals surface area contributed by atoms with Crippen molar-refractivity contribution in [3.63, 3.8) is 0 Å². The molecule has 1 N–H and O–H groups in total. The molecular formula is C22H24N4O2. The highest BCUT2D eigenvalue weighted by atomic mass is 16.5. The first-order valence-corrected chi connectivity index (χ1v) is 9.32. The number of nitrogens with one attached hydrogen (secondary N) is 1. The lowest BCUT2D eigenvalue weighted by Crippen LogP contribution is -2.25. The quantitative estimate of drug-likeness (QED) is 0.698. The second-order valence-corrected chi connectivity index (χ2v) is 6.83. The number of nitrogens with zero attached hydrogens (tertiary/aromatic N) is 3. The first-order valence-electron chi connectivity index (χ1n) is 9.32. The first-order chi connectivity index (χ1) is 13.7. The van der Waals surface area contributed by atoms with Crippen LogP contribution in [0.25, 0.3) is 0 Å². The molecule has 6 heteroatoms. The van der Waals surface area contributed by atoms with E-state index >= 15 is 0 Å². The van der Waals surface area contributed by atoms with Crippen LogP contribution in [0.1, 0.15) is 30.5 Å². The number of rotatable bonds is 6. The molecule has 1 atom stereocenters. The molecule has 2 heterocycles. The first kappa shape index (κ1) is 18.1. The van der Waals surface area contributed by atoms with Gasteiger partial charge in [0.15, 0.2) is 0 Å². The zero-order chi connectivity index (χ0) is 19.5. The molecule has 144 valence electrons. The topological polar surface area (TPSA) is 61.2 Å². The highest BCUT2D eigenvalue weighted by molar-refractivity contribution is 5.47. The highest BCUT2D eigenvalue weighted by Gasteiger charge is 2.28. The fourth-order valence-electron chi connectivity index (χ4n) is 3.65. The van der Waals surface area contributed by atoms with Gasteiger partial charge in [0.1, 0.15) is 23.9 Å². The Morgan fingerprint density at radius 1 is 0.929 bits per heavy atom. The average molecular weight is 376 g/mol. The summed E-state index contributed by atoms with van der Waals surface area (Å²) < 4.78 is 12.5. The number of aromatic nitrogens is 3. The Morgan fingerprint density at radius 3 is 2.21 bits per heavy atom. The van der Waals surface area contributed by atoms with Crippen molar-refractivity contribution in [3.8, 4) is 11.5 Å². The Morgan fingerprint density at radius 2 is 1.57 bits per heavy atom. The lowest BCUT2D eigenvalue weighted by Gasteiger charge is -2.29. The summed E-state index contributed by atoms with van der Waals surface area (Å²) in [4.78, 5) is 4.36. The summed E-state index contributed by atoms with van der Waals surface area (Å²) in [6.45, 7) is 2.11. The van der Waals surface area contributed by atoms with Gasteiger partial charge in [-0.05, 0) is 60.7 Å². The minimum absolute atomic E-state index is 0.0166. The number of hydrogen-bond acceptors (Lipinski definition) is 5. The van der Waals surface area contributed by atoms with Gasteiger partial charge in [0.05, 0.1) is 14.2 Å². The zero-order valence-corrected chi connectivity index (χ0v) is 16.3. The van der Waals surface area contributed by atoms with Crippen molar-refractivity contribution in [1.82, 2.24) is 14.8 Å². The van der Waals surface area contributed by atoms with Crippen molar-refractivity contribution >= 4 is 5.95 Å². The van der Waals surface area contributed by atoms with E-state index in [1.165, 1.54) is 11.1 Å². The third-order valence-electron chi connectivity index (χ3n) is 5.20. The maximum atomic E-state index is 5.31. The number of anilines is 1. The van der Waals surface area contributed by atoms with Crippen molar-refractivity contribution < 1.29 is 9.47 Å². The van der Waals surface area contributed by atoms with Crippen LogP contribution in [0, 0.1) is 0 Å². The Bertz CT molecular complexity index is 975. The Hall–Kier alpha value is -3.28. The number of methoxy groups -OCH3 is 2. The summed E-state index contributed by atoms with van der Waals surface area (Å²) in [6.07, 6.45) is 3.45. The van der Waals surface area contributed by atoms with Crippen molar-refractivity contribution in [2.75, 3.05) is 19.5 Å². The molecule has 0 aliphatic carbocycles. The van der Waals surface area contributed by atoms with Crippen LogP contribution in [0.5, 0.6) is 11.5 Å². The van der Waals surface area contributed by atoms with E-state index in [0.717, 1.165) is 41.5 Å². The summed E-state index contributed by atoms with van der Waals surface area (Å²) in [7, 11) is 3.37. The molecule has 6 nitrogen and oxygen atoms in total. The predicted molar refractivity (Wildman–Crippen MR) is 109 cm³/mol. The molecule has 0 spiro atoms. The van der Waals surface area contributed by atoms with Crippen molar-refractivity contribution in [3.05, 3.63) is 77.3 Å². The van der Waals surface area contributed by atoms with Gasteiger partial charge in [-0.15, -0.1) is 0 Å². The molecule has 0 saturated carbocycles. The molecule has 28 heavy (non-hydrogen) atoms.